The molecule has 2 heterocycles. The van der Waals surface area contributed by atoms with Gasteiger partial charge in [-0.1, -0.05) is 20.3 Å². The van der Waals surface area contributed by atoms with E-state index >= 15 is 0 Å². The molecule has 1 unspecified atom stereocenters. The van der Waals surface area contributed by atoms with Gasteiger partial charge in [0.05, 0.1) is 17.7 Å². The van der Waals surface area contributed by atoms with E-state index in [0.717, 1.165) is 37.3 Å². The summed E-state index contributed by atoms with van der Waals surface area (Å²) in [6.07, 6.45) is 6.02. The number of carbonyl (C=O) groups is 1. The van der Waals surface area contributed by atoms with Gasteiger partial charge in [0.15, 0.2) is 5.78 Å². The van der Waals surface area contributed by atoms with Crippen molar-refractivity contribution in [2.45, 2.75) is 64.8 Å². The van der Waals surface area contributed by atoms with E-state index in [2.05, 4.69) is 36.8 Å². The highest BCUT2D eigenvalue weighted by Gasteiger charge is 2.37. The van der Waals surface area contributed by atoms with Crippen LogP contribution >= 0.6 is 0 Å². The largest absolute Gasteiger partial charge is 0.297 e. The van der Waals surface area contributed by atoms with E-state index in [4.69, 9.17) is 0 Å². The first-order chi connectivity index (χ1) is 10.0. The molecule has 21 heavy (non-hydrogen) atoms. The van der Waals surface area contributed by atoms with Gasteiger partial charge in [-0.05, 0) is 51.8 Å². The highest BCUT2D eigenvalue weighted by atomic mass is 16.1. The van der Waals surface area contributed by atoms with Crippen LogP contribution < -0.4 is 0 Å². The van der Waals surface area contributed by atoms with Gasteiger partial charge < -0.3 is 0 Å². The number of hydrogen-bond acceptors (Lipinski definition) is 3. The quantitative estimate of drug-likeness (QED) is 0.809. The van der Waals surface area contributed by atoms with Gasteiger partial charge in [-0.3, -0.25) is 14.4 Å². The lowest BCUT2D eigenvalue weighted by molar-refractivity contribution is -0.130. The lowest BCUT2D eigenvalue weighted by atomic mass is 9.86. The Morgan fingerprint density at radius 3 is 2.48 bits per heavy atom. The molecule has 4 heteroatoms. The van der Waals surface area contributed by atoms with Gasteiger partial charge in [0.1, 0.15) is 0 Å². The minimum Gasteiger partial charge on any atom is -0.297 e. The number of ketones is 1. The number of piperidine rings is 1. The molecule has 1 atom stereocenters. The summed E-state index contributed by atoms with van der Waals surface area (Å²) in [6, 6.07) is 2.07. The molecule has 118 valence electrons. The second-order valence-corrected chi connectivity index (χ2v) is 6.38. The monoisotopic (exact) mass is 291 g/mol. The van der Waals surface area contributed by atoms with Gasteiger partial charge in [0.25, 0.3) is 0 Å². The number of hydrogen-bond donors (Lipinski definition) is 0. The Morgan fingerprint density at radius 2 is 1.95 bits per heavy atom. The van der Waals surface area contributed by atoms with Crippen molar-refractivity contribution in [3.63, 3.8) is 0 Å². The van der Waals surface area contributed by atoms with E-state index in [0.29, 0.717) is 12.2 Å². The van der Waals surface area contributed by atoms with Crippen LogP contribution in [0.25, 0.3) is 0 Å². The van der Waals surface area contributed by atoms with E-state index < -0.39 is 0 Å². The van der Waals surface area contributed by atoms with Crippen LogP contribution in [-0.2, 0) is 24.7 Å². The number of nitrogens with zero attached hydrogens (tertiary/aromatic N) is 3. The summed E-state index contributed by atoms with van der Waals surface area (Å²) < 4.78 is 1.86. The third kappa shape index (κ3) is 3.37. The van der Waals surface area contributed by atoms with Crippen molar-refractivity contribution < 1.29 is 4.79 Å². The Hall–Kier alpha value is -1.16. The first-order valence-corrected chi connectivity index (χ1v) is 8.31. The second-order valence-electron chi connectivity index (χ2n) is 6.38. The summed E-state index contributed by atoms with van der Waals surface area (Å²) in [4.78, 5) is 15.3. The third-order valence-electron chi connectivity index (χ3n) is 5.07. The lowest BCUT2D eigenvalue weighted by Gasteiger charge is -2.42. The smallest absolute Gasteiger partial charge is 0.158 e. The van der Waals surface area contributed by atoms with Crippen molar-refractivity contribution in [3.8, 4) is 0 Å². The predicted molar refractivity (Wildman–Crippen MR) is 85.4 cm³/mol. The second kappa shape index (κ2) is 6.73. The Morgan fingerprint density at radius 1 is 1.29 bits per heavy atom. The topological polar surface area (TPSA) is 38.1 Å². The Kier molecular flexibility index (Phi) is 5.20. The molecule has 0 aromatic carbocycles. The first kappa shape index (κ1) is 16.2. The molecule has 1 aliphatic rings. The zero-order valence-electron chi connectivity index (χ0n) is 14.0. The fraction of sp³-hybridized carbons (Fsp3) is 0.765. The summed E-state index contributed by atoms with van der Waals surface area (Å²) in [5.74, 6) is 0.331. The van der Waals surface area contributed by atoms with Gasteiger partial charge in [0.2, 0.25) is 0 Å². The van der Waals surface area contributed by atoms with E-state index in [1.54, 1.807) is 0 Å². The number of Topliss-reactive ketones (excluding diaryl/α,β-unsaturated/α-hetero) is 1. The molecular formula is C17H29N3O. The predicted octanol–water partition coefficient (Wildman–Crippen LogP) is 2.75. The van der Waals surface area contributed by atoms with E-state index in [9.17, 15) is 4.79 Å². The third-order valence-corrected chi connectivity index (χ3v) is 5.07. The molecule has 0 bridgehead atoms. The normalized spacial score (nSPS) is 19.4. The van der Waals surface area contributed by atoms with Crippen molar-refractivity contribution in [2.24, 2.45) is 7.05 Å². The van der Waals surface area contributed by atoms with Crippen molar-refractivity contribution in [1.82, 2.24) is 14.7 Å². The minimum absolute atomic E-state index is 0.322. The number of aryl methyl sites for hydroxylation is 2. The zero-order valence-corrected chi connectivity index (χ0v) is 14.0. The van der Waals surface area contributed by atoms with E-state index in [-0.39, 0.29) is 5.54 Å². The average Bonchev–Trinajstić information content (AvgIpc) is 2.87. The van der Waals surface area contributed by atoms with Crippen LogP contribution in [0.4, 0.5) is 0 Å². The fourth-order valence-corrected chi connectivity index (χ4v) is 3.25. The first-order valence-electron chi connectivity index (χ1n) is 8.31. The molecule has 2 rings (SSSR count). The van der Waals surface area contributed by atoms with Crippen LogP contribution in [0.5, 0.6) is 0 Å². The summed E-state index contributed by atoms with van der Waals surface area (Å²) in [5.41, 5.74) is 1.78. The highest BCUT2D eigenvalue weighted by molar-refractivity contribution is 5.89. The number of carbonyl (C=O) groups excluding carboxylic acids is 1. The molecule has 0 aliphatic carbocycles. The molecule has 1 fully saturated rings. The van der Waals surface area contributed by atoms with Crippen molar-refractivity contribution in [1.29, 1.82) is 0 Å². The van der Waals surface area contributed by atoms with Crippen molar-refractivity contribution >= 4 is 5.78 Å². The summed E-state index contributed by atoms with van der Waals surface area (Å²) in [5, 5.41) is 4.45. The van der Waals surface area contributed by atoms with Gasteiger partial charge in [-0.2, -0.15) is 5.10 Å². The minimum atomic E-state index is -0.322. The highest BCUT2D eigenvalue weighted by Crippen LogP contribution is 2.26. The standard InChI is InChI=1S/C17H29N3O/c1-5-14-12-15(19(4)18-14)13-16(21)17(3,6-2)20-10-8-7-9-11-20/h12H,5-11,13H2,1-4H3. The molecule has 1 aromatic rings. The Bertz CT molecular complexity index is 488. The molecular weight excluding hydrogens is 262 g/mol. The Balaban J connectivity index is 2.13. The molecule has 0 radical (unpaired) electrons. The molecule has 1 aliphatic heterocycles. The van der Waals surface area contributed by atoms with Crippen LogP contribution in [0, 0.1) is 0 Å². The zero-order chi connectivity index (χ0) is 15.5. The number of aromatic nitrogens is 2. The van der Waals surface area contributed by atoms with Crippen LogP contribution in [0.1, 0.15) is 57.8 Å². The van der Waals surface area contributed by atoms with E-state index in [1.165, 1.54) is 19.3 Å². The summed E-state index contributed by atoms with van der Waals surface area (Å²) in [6.45, 7) is 8.46. The number of rotatable bonds is 6. The maximum Gasteiger partial charge on any atom is 0.158 e. The van der Waals surface area contributed by atoms with Crippen LogP contribution in [-0.4, -0.2) is 39.1 Å². The fourth-order valence-electron chi connectivity index (χ4n) is 3.25. The van der Waals surface area contributed by atoms with Crippen molar-refractivity contribution in [2.75, 3.05) is 13.1 Å². The molecule has 1 saturated heterocycles. The van der Waals surface area contributed by atoms with Gasteiger partial charge in [-0.15, -0.1) is 0 Å². The number of likely N-dealkylation sites (tertiary alicyclic amines) is 1. The van der Waals surface area contributed by atoms with Crippen LogP contribution in [0.2, 0.25) is 0 Å². The van der Waals surface area contributed by atoms with Gasteiger partial charge in [-0.25, -0.2) is 0 Å². The summed E-state index contributed by atoms with van der Waals surface area (Å²) in [7, 11) is 1.94. The van der Waals surface area contributed by atoms with E-state index in [1.807, 2.05) is 11.7 Å². The SMILES string of the molecule is CCc1cc(CC(=O)C(C)(CC)N2CCCCC2)n(C)n1. The molecule has 0 amide bonds. The molecule has 0 spiro atoms. The van der Waals surface area contributed by atoms with Gasteiger partial charge in [0, 0.05) is 12.7 Å². The van der Waals surface area contributed by atoms with Crippen LogP contribution in [0.3, 0.4) is 0 Å². The lowest BCUT2D eigenvalue weighted by Crippen LogP contribution is -2.54. The molecule has 4 nitrogen and oxygen atoms in total. The summed E-state index contributed by atoms with van der Waals surface area (Å²) >= 11 is 0. The maximum absolute atomic E-state index is 12.9. The molecule has 0 saturated carbocycles. The Labute approximate surface area is 128 Å². The van der Waals surface area contributed by atoms with Crippen molar-refractivity contribution in [3.05, 3.63) is 17.5 Å². The maximum atomic E-state index is 12.9. The van der Waals surface area contributed by atoms with Gasteiger partial charge >= 0.3 is 0 Å². The average molecular weight is 291 g/mol. The molecule has 0 N–H and O–H groups in total. The van der Waals surface area contributed by atoms with Crippen LogP contribution in [0.15, 0.2) is 6.07 Å². The molecule has 1 aromatic heterocycles.